The maximum Gasteiger partial charge on any atom is 0.267 e. The summed E-state index contributed by atoms with van der Waals surface area (Å²) in [5.74, 6) is 0.944. The molecule has 4 rings (SSSR count). The van der Waals surface area contributed by atoms with E-state index in [-0.39, 0.29) is 11.5 Å². The summed E-state index contributed by atoms with van der Waals surface area (Å²) in [7, 11) is 4.02. The maximum absolute atomic E-state index is 10.0. The summed E-state index contributed by atoms with van der Waals surface area (Å²) in [5, 5.41) is 28.4. The molecule has 0 saturated carbocycles. The van der Waals surface area contributed by atoms with Crippen LogP contribution >= 0.6 is 0 Å². The van der Waals surface area contributed by atoms with Gasteiger partial charge in [0.25, 0.3) is 6.29 Å². The zero-order valence-electron chi connectivity index (χ0n) is 17.3. The Hall–Kier alpha value is -3.26. The Morgan fingerprint density at radius 1 is 1.07 bits per heavy atom. The first kappa shape index (κ1) is 20.0. The fourth-order valence-corrected chi connectivity index (χ4v) is 3.43. The predicted molar refractivity (Wildman–Crippen MR) is 111 cm³/mol. The van der Waals surface area contributed by atoms with Crippen LogP contribution < -0.4 is 9.47 Å². The Bertz CT molecular complexity index is 1030. The molecule has 158 valence electrons. The van der Waals surface area contributed by atoms with Crippen LogP contribution in [0.3, 0.4) is 0 Å². The summed E-state index contributed by atoms with van der Waals surface area (Å²) in [6, 6.07) is 10.0. The summed E-state index contributed by atoms with van der Waals surface area (Å²) in [6.45, 7) is 2.94. The number of rotatable bonds is 7. The third-order valence-electron chi connectivity index (χ3n) is 5.16. The second-order valence-electron chi connectivity index (χ2n) is 7.67. The molecule has 0 bridgehead atoms. The number of hydrogen-bond acceptors (Lipinski definition) is 7. The number of fused-ring (bicyclic) bond motifs is 1. The number of nitrogens with zero attached hydrogens (tertiary/aromatic N) is 4. The highest BCUT2D eigenvalue weighted by molar-refractivity contribution is 5.46. The second-order valence-corrected chi connectivity index (χ2v) is 7.67. The molecule has 30 heavy (non-hydrogen) atoms. The minimum Gasteiger partial charge on any atom is -0.504 e. The molecule has 0 aliphatic carbocycles. The van der Waals surface area contributed by atoms with E-state index in [4.69, 9.17) is 9.47 Å². The topological polar surface area (TPSA) is 92.9 Å². The average molecular weight is 410 g/mol. The van der Waals surface area contributed by atoms with Crippen LogP contribution in [-0.4, -0.2) is 57.0 Å². The summed E-state index contributed by atoms with van der Waals surface area (Å²) >= 11 is 0. The zero-order valence-corrected chi connectivity index (χ0v) is 17.3. The van der Waals surface area contributed by atoms with Crippen molar-refractivity contribution in [2.45, 2.75) is 32.1 Å². The molecule has 0 amide bonds. The Morgan fingerprint density at radius 2 is 1.87 bits per heavy atom. The molecular weight excluding hydrogens is 384 g/mol. The van der Waals surface area contributed by atoms with Gasteiger partial charge in [-0.05, 0) is 55.9 Å². The van der Waals surface area contributed by atoms with Gasteiger partial charge in [-0.15, -0.1) is 5.10 Å². The second kappa shape index (κ2) is 8.23. The largest absolute Gasteiger partial charge is 0.504 e. The molecule has 1 aliphatic heterocycles. The van der Waals surface area contributed by atoms with Crippen LogP contribution in [-0.2, 0) is 12.8 Å². The predicted octanol–water partition coefficient (Wildman–Crippen LogP) is 2.74. The molecule has 2 N–H and O–H groups in total. The van der Waals surface area contributed by atoms with E-state index in [1.165, 1.54) is 12.1 Å². The van der Waals surface area contributed by atoms with E-state index >= 15 is 0 Å². The Labute approximate surface area is 175 Å². The zero-order chi connectivity index (χ0) is 21.3. The van der Waals surface area contributed by atoms with Crippen molar-refractivity contribution in [2.75, 3.05) is 20.6 Å². The van der Waals surface area contributed by atoms with Gasteiger partial charge in [0.15, 0.2) is 29.0 Å². The van der Waals surface area contributed by atoms with Gasteiger partial charge in [-0.25, -0.2) is 4.68 Å². The van der Waals surface area contributed by atoms with Gasteiger partial charge in [0.1, 0.15) is 0 Å². The Morgan fingerprint density at radius 3 is 2.60 bits per heavy atom. The van der Waals surface area contributed by atoms with Crippen molar-refractivity contribution in [3.63, 3.8) is 0 Å². The number of aromatic nitrogens is 3. The number of aromatic hydroxyl groups is 2. The molecule has 8 heteroatoms. The molecule has 0 fully saturated rings. The quantitative estimate of drug-likeness (QED) is 0.579. The monoisotopic (exact) mass is 410 g/mol. The highest BCUT2D eigenvalue weighted by atomic mass is 16.7. The molecule has 3 aromatic rings. The van der Waals surface area contributed by atoms with Gasteiger partial charge in [0, 0.05) is 19.2 Å². The first-order valence-electron chi connectivity index (χ1n) is 9.98. The molecule has 2 atom stereocenters. The SMILES string of the molecule is CCc1ccc2c(c1)OC(C(c1ccc(O)c(O)c1)n1cc(CCN(C)C)nn1)O2. The van der Waals surface area contributed by atoms with E-state index in [1.807, 2.05) is 38.5 Å². The lowest BCUT2D eigenvalue weighted by Crippen LogP contribution is -2.32. The maximum atomic E-state index is 10.0. The number of likely N-dealkylation sites (N-methyl/N-ethyl adjacent to an activating group) is 1. The number of ether oxygens (including phenoxy) is 2. The van der Waals surface area contributed by atoms with Gasteiger partial charge in [-0.3, -0.25) is 0 Å². The van der Waals surface area contributed by atoms with Gasteiger partial charge in [0.05, 0.1) is 5.69 Å². The van der Waals surface area contributed by atoms with Crippen LogP contribution in [0.25, 0.3) is 0 Å². The average Bonchev–Trinajstić information content (AvgIpc) is 3.35. The normalized spacial score (nSPS) is 16.2. The van der Waals surface area contributed by atoms with Crippen LogP contribution in [0, 0.1) is 0 Å². The van der Waals surface area contributed by atoms with Crippen LogP contribution in [0.4, 0.5) is 0 Å². The molecule has 1 aliphatic rings. The number of phenolic OH excluding ortho intramolecular Hbond substituents is 2. The van der Waals surface area contributed by atoms with Gasteiger partial charge in [-0.1, -0.05) is 24.3 Å². The standard InChI is InChI=1S/C22H26N4O4/c1-4-14-5-8-19-20(11-14)30-22(29-19)21(15-6-7-17(27)18(28)12-15)26-13-16(23-24-26)9-10-25(2)3/h5-8,11-13,21-22,27-28H,4,9-10H2,1-3H3. The smallest absolute Gasteiger partial charge is 0.267 e. The highest BCUT2D eigenvalue weighted by Crippen LogP contribution is 2.41. The van der Waals surface area contributed by atoms with E-state index in [0.717, 1.165) is 30.6 Å². The van der Waals surface area contributed by atoms with Crippen molar-refractivity contribution in [3.05, 3.63) is 59.4 Å². The van der Waals surface area contributed by atoms with E-state index in [1.54, 1.807) is 10.7 Å². The third kappa shape index (κ3) is 4.04. The first-order valence-corrected chi connectivity index (χ1v) is 9.98. The van der Waals surface area contributed by atoms with Crippen LogP contribution in [0.1, 0.15) is 29.8 Å². The molecule has 0 radical (unpaired) electrons. The van der Waals surface area contributed by atoms with Crippen molar-refractivity contribution < 1.29 is 19.7 Å². The third-order valence-corrected chi connectivity index (χ3v) is 5.16. The number of aryl methyl sites for hydroxylation is 1. The summed E-state index contributed by atoms with van der Waals surface area (Å²) in [6.07, 6.45) is 2.83. The minimum atomic E-state index is -0.695. The van der Waals surface area contributed by atoms with E-state index < -0.39 is 12.3 Å². The first-order chi connectivity index (χ1) is 14.4. The number of benzene rings is 2. The van der Waals surface area contributed by atoms with Crippen molar-refractivity contribution in [1.82, 2.24) is 19.9 Å². The summed E-state index contributed by atoms with van der Waals surface area (Å²) < 4.78 is 13.9. The minimum absolute atomic E-state index is 0.188. The lowest BCUT2D eigenvalue weighted by Gasteiger charge is -2.23. The van der Waals surface area contributed by atoms with Crippen LogP contribution in [0.2, 0.25) is 0 Å². The van der Waals surface area contributed by atoms with Gasteiger partial charge in [0.2, 0.25) is 0 Å². The van der Waals surface area contributed by atoms with Crippen LogP contribution in [0.5, 0.6) is 23.0 Å². The molecule has 2 unspecified atom stereocenters. The molecular formula is C22H26N4O4. The lowest BCUT2D eigenvalue weighted by atomic mass is 10.1. The number of hydrogen-bond donors (Lipinski definition) is 2. The lowest BCUT2D eigenvalue weighted by molar-refractivity contribution is 0.0106. The van der Waals surface area contributed by atoms with Crippen LogP contribution in [0.15, 0.2) is 42.6 Å². The fraction of sp³-hybridized carbons (Fsp3) is 0.364. The molecule has 0 spiro atoms. The molecule has 0 saturated heterocycles. The number of phenols is 2. The van der Waals surface area contributed by atoms with E-state index in [0.29, 0.717) is 17.1 Å². The Balaban J connectivity index is 1.67. The Kier molecular flexibility index (Phi) is 5.50. The van der Waals surface area contributed by atoms with Gasteiger partial charge < -0.3 is 24.6 Å². The summed E-state index contributed by atoms with van der Waals surface area (Å²) in [4.78, 5) is 2.08. The van der Waals surface area contributed by atoms with Crippen molar-refractivity contribution in [2.24, 2.45) is 0 Å². The fourth-order valence-electron chi connectivity index (χ4n) is 3.43. The molecule has 1 aromatic heterocycles. The van der Waals surface area contributed by atoms with Crippen molar-refractivity contribution in [3.8, 4) is 23.0 Å². The highest BCUT2D eigenvalue weighted by Gasteiger charge is 2.36. The van der Waals surface area contributed by atoms with E-state index in [2.05, 4.69) is 22.1 Å². The van der Waals surface area contributed by atoms with Crippen molar-refractivity contribution in [1.29, 1.82) is 0 Å². The molecule has 8 nitrogen and oxygen atoms in total. The summed E-state index contributed by atoms with van der Waals surface area (Å²) in [5.41, 5.74) is 2.69. The van der Waals surface area contributed by atoms with Gasteiger partial charge >= 0.3 is 0 Å². The van der Waals surface area contributed by atoms with Crippen molar-refractivity contribution >= 4 is 0 Å². The molecule has 2 heterocycles. The van der Waals surface area contributed by atoms with E-state index in [9.17, 15) is 10.2 Å². The van der Waals surface area contributed by atoms with Gasteiger partial charge in [-0.2, -0.15) is 0 Å². The molecule has 2 aromatic carbocycles.